The topological polar surface area (TPSA) is 50.2 Å². The summed E-state index contributed by atoms with van der Waals surface area (Å²) in [4.78, 5) is 16.4. The number of carboxylic acid groups (broad SMARTS) is 1. The molecule has 1 fully saturated rings. The van der Waals surface area contributed by atoms with Crippen LogP contribution in [-0.4, -0.2) is 16.1 Å². The Morgan fingerprint density at radius 3 is 2.79 bits per heavy atom. The number of carbonyl (C=O) groups is 1. The van der Waals surface area contributed by atoms with E-state index < -0.39 is 5.97 Å². The quantitative estimate of drug-likeness (QED) is 0.925. The Labute approximate surface area is 119 Å². The second kappa shape index (κ2) is 4.60. The minimum absolute atomic E-state index is 0.418. The fraction of sp³-hybridized carbons (Fsp3) is 0.333. The molecule has 98 valence electrons. The van der Waals surface area contributed by atoms with Crippen LogP contribution in [0.5, 0.6) is 0 Å². The van der Waals surface area contributed by atoms with E-state index in [0.717, 1.165) is 39.5 Å². The van der Waals surface area contributed by atoms with Crippen LogP contribution in [0.15, 0.2) is 22.7 Å². The van der Waals surface area contributed by atoms with Crippen LogP contribution in [0.1, 0.15) is 47.3 Å². The van der Waals surface area contributed by atoms with E-state index in [0.29, 0.717) is 17.9 Å². The Morgan fingerprint density at radius 1 is 1.47 bits per heavy atom. The minimum atomic E-state index is -0.863. The van der Waals surface area contributed by atoms with Crippen molar-refractivity contribution >= 4 is 32.8 Å². The molecular formula is C15H14BrNO2. The highest BCUT2D eigenvalue weighted by molar-refractivity contribution is 9.10. The van der Waals surface area contributed by atoms with Crippen LogP contribution in [-0.2, 0) is 6.42 Å². The van der Waals surface area contributed by atoms with Gasteiger partial charge in [0, 0.05) is 21.5 Å². The van der Waals surface area contributed by atoms with Crippen molar-refractivity contribution in [1.82, 2.24) is 4.98 Å². The van der Waals surface area contributed by atoms with Crippen molar-refractivity contribution in [3.8, 4) is 0 Å². The summed E-state index contributed by atoms with van der Waals surface area (Å²) in [6, 6.07) is 5.65. The van der Waals surface area contributed by atoms with Crippen molar-refractivity contribution in [2.45, 2.75) is 32.1 Å². The summed E-state index contributed by atoms with van der Waals surface area (Å²) < 4.78 is 0.798. The number of benzene rings is 1. The molecule has 1 aromatic heterocycles. The largest absolute Gasteiger partial charge is 0.478 e. The summed E-state index contributed by atoms with van der Waals surface area (Å²) in [6.07, 6.45) is 2.95. The summed E-state index contributed by atoms with van der Waals surface area (Å²) in [7, 11) is 0. The first kappa shape index (κ1) is 12.6. The summed E-state index contributed by atoms with van der Waals surface area (Å²) in [6.45, 7) is 2.00. The minimum Gasteiger partial charge on any atom is -0.478 e. The molecule has 0 bridgehead atoms. The highest BCUT2D eigenvalue weighted by Gasteiger charge is 2.31. The zero-order valence-electron chi connectivity index (χ0n) is 10.6. The van der Waals surface area contributed by atoms with Gasteiger partial charge in [0.2, 0.25) is 0 Å². The van der Waals surface area contributed by atoms with E-state index in [4.69, 9.17) is 4.98 Å². The van der Waals surface area contributed by atoms with E-state index in [2.05, 4.69) is 15.9 Å². The van der Waals surface area contributed by atoms with Crippen LogP contribution in [0.4, 0.5) is 0 Å². The zero-order valence-corrected chi connectivity index (χ0v) is 12.2. The summed E-state index contributed by atoms with van der Waals surface area (Å²) in [5.41, 5.74) is 3.08. The Morgan fingerprint density at radius 2 is 2.21 bits per heavy atom. The van der Waals surface area contributed by atoms with Crippen molar-refractivity contribution in [2.75, 3.05) is 0 Å². The van der Waals surface area contributed by atoms with Gasteiger partial charge in [-0.3, -0.25) is 4.98 Å². The lowest BCUT2D eigenvalue weighted by Gasteiger charge is -2.14. The molecule has 1 aliphatic rings. The lowest BCUT2D eigenvalue weighted by molar-refractivity contribution is 0.0697. The molecule has 3 nitrogen and oxygen atoms in total. The molecule has 19 heavy (non-hydrogen) atoms. The van der Waals surface area contributed by atoms with Crippen molar-refractivity contribution in [2.24, 2.45) is 0 Å². The lowest BCUT2D eigenvalue weighted by atomic mass is 9.96. The number of aromatic carboxylic acids is 1. The molecule has 0 spiro atoms. The van der Waals surface area contributed by atoms with Crippen LogP contribution in [0.3, 0.4) is 0 Å². The predicted octanol–water partition coefficient (Wildman–Crippen LogP) is 4.14. The van der Waals surface area contributed by atoms with E-state index >= 15 is 0 Å². The van der Waals surface area contributed by atoms with Gasteiger partial charge in [0.05, 0.1) is 11.1 Å². The molecule has 1 aromatic carbocycles. The Kier molecular flexibility index (Phi) is 3.05. The number of hydrogen-bond donors (Lipinski definition) is 1. The Hall–Kier alpha value is -1.42. The Balaban J connectivity index is 2.44. The molecule has 0 radical (unpaired) electrons. The molecule has 2 aromatic rings. The second-order valence-electron chi connectivity index (χ2n) is 4.92. The SMILES string of the molecule is CCc1c(C2CC2)nc2cccc(Br)c2c1C(=O)O. The third-order valence-corrected chi connectivity index (χ3v) is 4.29. The highest BCUT2D eigenvalue weighted by Crippen LogP contribution is 2.43. The first-order valence-corrected chi connectivity index (χ1v) is 7.27. The molecule has 1 heterocycles. The van der Waals surface area contributed by atoms with Gasteiger partial charge in [-0.2, -0.15) is 0 Å². The van der Waals surface area contributed by atoms with Crippen LogP contribution < -0.4 is 0 Å². The number of hydrogen-bond acceptors (Lipinski definition) is 2. The molecule has 0 unspecified atom stereocenters. The maximum atomic E-state index is 11.7. The summed E-state index contributed by atoms with van der Waals surface area (Å²) >= 11 is 3.45. The molecule has 0 atom stereocenters. The van der Waals surface area contributed by atoms with Gasteiger partial charge < -0.3 is 5.11 Å². The smallest absolute Gasteiger partial charge is 0.336 e. The Bertz CT molecular complexity index is 677. The van der Waals surface area contributed by atoms with Gasteiger partial charge in [-0.25, -0.2) is 4.79 Å². The van der Waals surface area contributed by atoms with Gasteiger partial charge in [0.25, 0.3) is 0 Å². The third kappa shape index (κ3) is 2.04. The normalized spacial score (nSPS) is 14.8. The van der Waals surface area contributed by atoms with Crippen LogP contribution in [0, 0.1) is 0 Å². The standard InChI is InChI=1S/C15H14BrNO2/c1-2-9-12(15(18)19)13-10(16)4-3-5-11(13)17-14(9)8-6-7-8/h3-5,8H,2,6-7H2,1H3,(H,18,19). The van der Waals surface area contributed by atoms with Crippen molar-refractivity contribution in [1.29, 1.82) is 0 Å². The van der Waals surface area contributed by atoms with Crippen molar-refractivity contribution < 1.29 is 9.90 Å². The maximum Gasteiger partial charge on any atom is 0.336 e. The molecule has 1 aliphatic carbocycles. The number of carboxylic acids is 1. The number of rotatable bonds is 3. The number of fused-ring (bicyclic) bond motifs is 1. The number of nitrogens with zero attached hydrogens (tertiary/aromatic N) is 1. The third-order valence-electron chi connectivity index (χ3n) is 3.62. The van der Waals surface area contributed by atoms with Gasteiger partial charge in [0.15, 0.2) is 0 Å². The predicted molar refractivity (Wildman–Crippen MR) is 77.8 cm³/mol. The average molecular weight is 320 g/mol. The average Bonchev–Trinajstić information content (AvgIpc) is 3.20. The second-order valence-corrected chi connectivity index (χ2v) is 5.77. The molecule has 1 saturated carbocycles. The van der Waals surface area contributed by atoms with Crippen LogP contribution >= 0.6 is 15.9 Å². The van der Waals surface area contributed by atoms with E-state index in [1.54, 1.807) is 0 Å². The lowest BCUT2D eigenvalue weighted by Crippen LogP contribution is -2.09. The zero-order chi connectivity index (χ0) is 13.6. The van der Waals surface area contributed by atoms with Gasteiger partial charge in [-0.1, -0.05) is 28.9 Å². The maximum absolute atomic E-state index is 11.7. The first-order chi connectivity index (χ1) is 9.13. The van der Waals surface area contributed by atoms with Gasteiger partial charge >= 0.3 is 5.97 Å². The molecule has 0 saturated heterocycles. The first-order valence-electron chi connectivity index (χ1n) is 6.47. The van der Waals surface area contributed by atoms with Crippen molar-refractivity contribution in [3.05, 3.63) is 39.5 Å². The van der Waals surface area contributed by atoms with Gasteiger partial charge in [0.1, 0.15) is 0 Å². The molecular weight excluding hydrogens is 306 g/mol. The fourth-order valence-corrected chi connectivity index (χ4v) is 3.17. The van der Waals surface area contributed by atoms with E-state index in [-0.39, 0.29) is 0 Å². The molecule has 4 heteroatoms. The number of halogens is 1. The van der Waals surface area contributed by atoms with E-state index in [9.17, 15) is 9.90 Å². The number of pyridine rings is 1. The highest BCUT2D eigenvalue weighted by atomic mass is 79.9. The van der Waals surface area contributed by atoms with E-state index in [1.165, 1.54) is 0 Å². The van der Waals surface area contributed by atoms with Gasteiger partial charge in [-0.15, -0.1) is 0 Å². The number of aromatic nitrogens is 1. The molecule has 1 N–H and O–H groups in total. The summed E-state index contributed by atoms with van der Waals surface area (Å²) in [5, 5.41) is 10.3. The van der Waals surface area contributed by atoms with Crippen molar-refractivity contribution in [3.63, 3.8) is 0 Å². The monoisotopic (exact) mass is 319 g/mol. The van der Waals surface area contributed by atoms with Crippen LogP contribution in [0.25, 0.3) is 10.9 Å². The molecule has 3 rings (SSSR count). The van der Waals surface area contributed by atoms with Gasteiger partial charge in [-0.05, 0) is 37.0 Å². The van der Waals surface area contributed by atoms with E-state index in [1.807, 2.05) is 25.1 Å². The fourth-order valence-electron chi connectivity index (χ4n) is 2.62. The summed E-state index contributed by atoms with van der Waals surface area (Å²) in [5.74, 6) is -0.408. The molecule has 0 aliphatic heterocycles. The molecule has 0 amide bonds. The van der Waals surface area contributed by atoms with Crippen LogP contribution in [0.2, 0.25) is 0 Å².